The SMILES string of the molecule is N[C@@H](CSC(c1ccccc1)(c1ccccc1)c1ccccc1)OC=O. The molecule has 0 heterocycles. The van der Waals surface area contributed by atoms with Gasteiger partial charge in [0.25, 0.3) is 6.47 Å². The third kappa shape index (κ3) is 3.82. The van der Waals surface area contributed by atoms with Gasteiger partial charge in [0.2, 0.25) is 0 Å². The average Bonchev–Trinajstić information content (AvgIpc) is 2.71. The maximum Gasteiger partial charge on any atom is 0.294 e. The number of ether oxygens (including phenoxy) is 1. The molecule has 3 nitrogen and oxygen atoms in total. The van der Waals surface area contributed by atoms with Crippen LogP contribution in [0.1, 0.15) is 16.7 Å². The zero-order valence-electron chi connectivity index (χ0n) is 14.3. The van der Waals surface area contributed by atoms with E-state index in [1.54, 1.807) is 11.8 Å². The predicted octanol–water partition coefficient (Wildman–Crippen LogP) is 4.17. The van der Waals surface area contributed by atoms with Gasteiger partial charge in [0.1, 0.15) is 0 Å². The minimum absolute atomic E-state index is 0.403. The highest BCUT2D eigenvalue weighted by Crippen LogP contribution is 2.48. The molecule has 0 bridgehead atoms. The van der Waals surface area contributed by atoms with Crippen molar-refractivity contribution in [3.05, 3.63) is 108 Å². The third-order valence-electron chi connectivity index (χ3n) is 4.24. The molecule has 132 valence electrons. The number of rotatable bonds is 8. The summed E-state index contributed by atoms with van der Waals surface area (Å²) in [5.74, 6) is 0.470. The topological polar surface area (TPSA) is 52.3 Å². The van der Waals surface area contributed by atoms with Crippen molar-refractivity contribution >= 4 is 18.2 Å². The maximum atomic E-state index is 10.6. The van der Waals surface area contributed by atoms with E-state index in [1.807, 2.05) is 54.6 Å². The van der Waals surface area contributed by atoms with E-state index in [0.717, 1.165) is 16.7 Å². The Kier molecular flexibility index (Phi) is 6.10. The first-order valence-corrected chi connectivity index (χ1v) is 9.41. The molecule has 0 aliphatic heterocycles. The molecule has 0 fully saturated rings. The fourth-order valence-electron chi connectivity index (χ4n) is 3.09. The summed E-state index contributed by atoms with van der Waals surface area (Å²) >= 11 is 1.67. The summed E-state index contributed by atoms with van der Waals surface area (Å²) in [5.41, 5.74) is 9.41. The Labute approximate surface area is 158 Å². The van der Waals surface area contributed by atoms with Crippen LogP contribution in [0.25, 0.3) is 0 Å². The van der Waals surface area contributed by atoms with E-state index < -0.39 is 11.0 Å². The van der Waals surface area contributed by atoms with E-state index >= 15 is 0 Å². The van der Waals surface area contributed by atoms with Crippen LogP contribution in [0.15, 0.2) is 91.0 Å². The third-order valence-corrected chi connectivity index (χ3v) is 5.87. The van der Waals surface area contributed by atoms with Crippen molar-refractivity contribution in [3.8, 4) is 0 Å². The van der Waals surface area contributed by atoms with Gasteiger partial charge in [-0.05, 0) is 16.7 Å². The maximum absolute atomic E-state index is 10.6. The minimum Gasteiger partial charge on any atom is -0.448 e. The van der Waals surface area contributed by atoms with Crippen molar-refractivity contribution in [1.82, 2.24) is 0 Å². The van der Waals surface area contributed by atoms with E-state index in [-0.39, 0.29) is 0 Å². The quantitative estimate of drug-likeness (QED) is 0.371. The molecule has 4 heteroatoms. The Morgan fingerprint density at radius 3 is 1.54 bits per heavy atom. The first-order chi connectivity index (χ1) is 12.8. The fraction of sp³-hybridized carbons (Fsp3) is 0.136. The molecule has 0 radical (unpaired) electrons. The number of thioether (sulfide) groups is 1. The molecule has 0 aromatic heterocycles. The summed E-state index contributed by atoms with van der Waals surface area (Å²) in [6.07, 6.45) is -0.659. The fourth-order valence-corrected chi connectivity index (χ4v) is 4.49. The second-order valence-electron chi connectivity index (χ2n) is 5.86. The molecule has 0 spiro atoms. The van der Waals surface area contributed by atoms with Crippen molar-refractivity contribution < 1.29 is 9.53 Å². The molecular weight excluding hydrogens is 342 g/mol. The Balaban J connectivity index is 2.16. The molecule has 1 atom stereocenters. The number of nitrogens with two attached hydrogens (primary N) is 1. The van der Waals surface area contributed by atoms with Gasteiger partial charge in [-0.3, -0.25) is 10.5 Å². The molecular formula is C22H21NO2S. The number of carbonyl (C=O) groups excluding carboxylic acids is 1. The summed E-state index contributed by atoms with van der Waals surface area (Å²) in [7, 11) is 0. The first-order valence-electron chi connectivity index (χ1n) is 8.42. The van der Waals surface area contributed by atoms with Gasteiger partial charge < -0.3 is 4.74 Å². The highest BCUT2D eigenvalue weighted by molar-refractivity contribution is 8.00. The van der Waals surface area contributed by atoms with Gasteiger partial charge in [0.15, 0.2) is 6.23 Å². The second-order valence-corrected chi connectivity index (χ2v) is 7.10. The van der Waals surface area contributed by atoms with E-state index in [2.05, 4.69) is 36.4 Å². The lowest BCUT2D eigenvalue weighted by Crippen LogP contribution is -2.32. The summed E-state index contributed by atoms with van der Waals surface area (Å²) in [6.45, 7) is 0.403. The van der Waals surface area contributed by atoms with Crippen molar-refractivity contribution in [3.63, 3.8) is 0 Å². The molecule has 0 unspecified atom stereocenters. The van der Waals surface area contributed by atoms with E-state index in [4.69, 9.17) is 10.5 Å². The summed E-state index contributed by atoms with van der Waals surface area (Å²) in [6, 6.07) is 31.0. The summed E-state index contributed by atoms with van der Waals surface area (Å²) in [4.78, 5) is 10.6. The number of carbonyl (C=O) groups is 1. The van der Waals surface area contributed by atoms with Crippen molar-refractivity contribution in [1.29, 1.82) is 0 Å². The second kappa shape index (κ2) is 8.70. The van der Waals surface area contributed by atoms with Crippen LogP contribution in [-0.2, 0) is 14.3 Å². The van der Waals surface area contributed by atoms with Crippen molar-refractivity contribution in [2.24, 2.45) is 5.73 Å². The van der Waals surface area contributed by atoms with E-state index in [9.17, 15) is 4.79 Å². The van der Waals surface area contributed by atoms with Crippen LogP contribution < -0.4 is 5.73 Å². The zero-order valence-corrected chi connectivity index (χ0v) is 15.1. The number of benzene rings is 3. The summed E-state index contributed by atoms with van der Waals surface area (Å²) < 4.78 is 4.47. The van der Waals surface area contributed by atoms with Crippen LogP contribution in [0, 0.1) is 0 Å². The van der Waals surface area contributed by atoms with Crippen molar-refractivity contribution in [2.75, 3.05) is 5.75 Å². The number of hydrogen-bond acceptors (Lipinski definition) is 4. The largest absolute Gasteiger partial charge is 0.448 e. The van der Waals surface area contributed by atoms with Gasteiger partial charge in [0, 0.05) is 5.75 Å². The zero-order chi connectivity index (χ0) is 18.2. The Bertz CT molecular complexity index is 713. The molecule has 26 heavy (non-hydrogen) atoms. The highest BCUT2D eigenvalue weighted by Gasteiger charge is 2.37. The number of hydrogen-bond donors (Lipinski definition) is 1. The van der Waals surface area contributed by atoms with Gasteiger partial charge >= 0.3 is 0 Å². The first kappa shape index (κ1) is 18.2. The normalized spacial score (nSPS) is 12.3. The van der Waals surface area contributed by atoms with Crippen LogP contribution in [0.5, 0.6) is 0 Å². The highest BCUT2D eigenvalue weighted by atomic mass is 32.2. The monoisotopic (exact) mass is 363 g/mol. The minimum atomic E-state index is -0.659. The molecule has 3 aromatic rings. The predicted molar refractivity (Wildman–Crippen MR) is 107 cm³/mol. The summed E-state index contributed by atoms with van der Waals surface area (Å²) in [5, 5.41) is 0. The molecule has 0 amide bonds. The average molecular weight is 363 g/mol. The van der Waals surface area contributed by atoms with Crippen LogP contribution >= 0.6 is 11.8 Å². The standard InChI is InChI=1S/C22H21NO2S/c23-21(25-17-24)16-26-22(18-10-4-1-5-11-18,19-12-6-2-7-13-19)20-14-8-3-9-15-20/h1-15,17,21H,16,23H2/t21-/m1/s1. The molecule has 0 saturated carbocycles. The van der Waals surface area contributed by atoms with Gasteiger partial charge in [-0.2, -0.15) is 0 Å². The van der Waals surface area contributed by atoms with Gasteiger partial charge in [-0.25, -0.2) is 0 Å². The molecule has 0 aliphatic carbocycles. The van der Waals surface area contributed by atoms with E-state index in [0.29, 0.717) is 12.2 Å². The Morgan fingerprint density at radius 1 is 0.808 bits per heavy atom. The van der Waals surface area contributed by atoms with Crippen molar-refractivity contribution in [2.45, 2.75) is 11.0 Å². The van der Waals surface area contributed by atoms with Crippen LogP contribution in [-0.4, -0.2) is 18.5 Å². The smallest absolute Gasteiger partial charge is 0.294 e. The van der Waals surface area contributed by atoms with Crippen LogP contribution in [0.3, 0.4) is 0 Å². The lowest BCUT2D eigenvalue weighted by atomic mass is 9.84. The van der Waals surface area contributed by atoms with Gasteiger partial charge in [0.05, 0.1) is 4.75 Å². The Hall–Kier alpha value is -2.56. The van der Waals surface area contributed by atoms with Crippen LogP contribution in [0.2, 0.25) is 0 Å². The lowest BCUT2D eigenvalue weighted by molar-refractivity contribution is -0.132. The van der Waals surface area contributed by atoms with E-state index in [1.165, 1.54) is 0 Å². The molecule has 2 N–H and O–H groups in total. The molecule has 0 aliphatic rings. The molecule has 3 rings (SSSR count). The molecule has 3 aromatic carbocycles. The van der Waals surface area contributed by atoms with Gasteiger partial charge in [-0.1, -0.05) is 91.0 Å². The van der Waals surface area contributed by atoms with Crippen LogP contribution in [0.4, 0.5) is 0 Å². The Morgan fingerprint density at radius 2 is 1.19 bits per heavy atom. The lowest BCUT2D eigenvalue weighted by Gasteiger charge is -2.36. The van der Waals surface area contributed by atoms with Gasteiger partial charge in [-0.15, -0.1) is 11.8 Å². The molecule has 0 saturated heterocycles.